The molecule has 1 aromatic carbocycles. The number of ketones is 2. The van der Waals surface area contributed by atoms with Gasteiger partial charge in [-0.1, -0.05) is 0 Å². The number of Topliss-reactive ketones (excluding diaryl/α,β-unsaturated/α-hetero) is 2. The van der Waals surface area contributed by atoms with Gasteiger partial charge < -0.3 is 67.5 Å². The predicted molar refractivity (Wildman–Crippen MR) is 211 cm³/mol. The van der Waals surface area contributed by atoms with E-state index in [4.69, 9.17) is 21.3 Å². The van der Waals surface area contributed by atoms with E-state index in [0.29, 0.717) is 11.3 Å². The van der Waals surface area contributed by atoms with Crippen LogP contribution in [0.15, 0.2) is 40.0 Å². The first-order chi connectivity index (χ1) is 27.4. The molecule has 322 valence electrons. The number of phenolic OH excluding ortho intramolecular Hbond substituents is 1. The molecule has 0 bridgehead atoms. The fourth-order valence-electron chi connectivity index (χ4n) is 8.06. The van der Waals surface area contributed by atoms with Crippen LogP contribution in [-0.4, -0.2) is 150 Å². The zero-order valence-electron chi connectivity index (χ0n) is 33.6. The third-order valence-corrected chi connectivity index (χ3v) is 10.9. The molecule has 2 fully saturated rings. The number of aromatic nitrogens is 2. The number of nitrogens with zero attached hydrogens (tertiary/aromatic N) is 4. The highest BCUT2D eigenvalue weighted by Gasteiger charge is 2.64. The van der Waals surface area contributed by atoms with Crippen molar-refractivity contribution in [1.29, 1.82) is 0 Å². The molecule has 0 spiro atoms. The van der Waals surface area contributed by atoms with E-state index in [2.05, 4.69) is 15.6 Å². The van der Waals surface area contributed by atoms with Crippen molar-refractivity contribution < 1.29 is 59.7 Å². The van der Waals surface area contributed by atoms with E-state index in [-0.39, 0.29) is 47.6 Å². The molecule has 1 saturated carbocycles. The number of hydrogen-bond acceptors (Lipinski definition) is 18. The largest absolute Gasteiger partial charge is 0.508 e. The van der Waals surface area contributed by atoms with Crippen LogP contribution in [0.4, 0.5) is 17.2 Å². The van der Waals surface area contributed by atoms with Gasteiger partial charge in [-0.15, -0.1) is 0 Å². The number of hydrogen-bond donors (Lipinski definition) is 11. The smallest absolute Gasteiger partial charge is 0.351 e. The van der Waals surface area contributed by atoms with Gasteiger partial charge in [-0.05, 0) is 71.3 Å². The Morgan fingerprint density at radius 1 is 1.08 bits per heavy atom. The Morgan fingerprint density at radius 3 is 2.25 bits per heavy atom. The number of fused-ring (bicyclic) bond motifs is 3. The number of benzene rings is 1. The number of carbonyl (C=O) groups is 4. The first kappa shape index (κ1) is 44.7. The number of aliphatic hydroxyl groups excluding tert-OH is 5. The molecule has 3 aliphatic carbocycles. The van der Waals surface area contributed by atoms with E-state index < -0.39 is 107 Å². The Hall–Kier alpha value is -5.42. The zero-order valence-corrected chi connectivity index (χ0v) is 33.6. The number of rotatable bonds is 8. The van der Waals surface area contributed by atoms with Gasteiger partial charge in [0.25, 0.3) is 5.91 Å². The highest BCUT2D eigenvalue weighted by Crippen LogP contribution is 2.54. The number of nitrogens with one attached hydrogen (secondary N) is 2. The molecule has 13 N–H and O–H groups in total. The fourth-order valence-corrected chi connectivity index (χ4v) is 8.06. The zero-order chi connectivity index (χ0) is 44.2. The van der Waals surface area contributed by atoms with Crippen LogP contribution in [0.3, 0.4) is 0 Å². The summed E-state index contributed by atoms with van der Waals surface area (Å²) in [4.78, 5) is 70.3. The van der Waals surface area contributed by atoms with Crippen molar-refractivity contribution in [3.05, 3.63) is 56.8 Å². The average molecular weight is 829 g/mol. The van der Waals surface area contributed by atoms with E-state index in [1.165, 1.54) is 17.2 Å². The van der Waals surface area contributed by atoms with Gasteiger partial charge >= 0.3 is 5.69 Å². The lowest BCUT2D eigenvalue weighted by Crippen LogP contribution is -2.65. The Morgan fingerprint density at radius 2 is 1.73 bits per heavy atom. The van der Waals surface area contributed by atoms with Gasteiger partial charge in [-0.25, -0.2) is 4.79 Å². The molecule has 1 aliphatic heterocycles. The molecule has 2 aromatic rings. The van der Waals surface area contributed by atoms with Crippen molar-refractivity contribution in [3.8, 4) is 5.75 Å². The summed E-state index contributed by atoms with van der Waals surface area (Å²) in [6.45, 7) is 5.17. The molecule has 2 amide bonds. The van der Waals surface area contributed by atoms with Gasteiger partial charge in [-0.2, -0.15) is 4.98 Å². The predicted octanol–water partition coefficient (Wildman–Crippen LogP) is -2.21. The summed E-state index contributed by atoms with van der Waals surface area (Å²) in [7, 11) is 6.58. The molecule has 4 aliphatic rings. The molecule has 8 atom stereocenters. The maximum Gasteiger partial charge on any atom is 0.351 e. The molecule has 2 heterocycles. The Balaban J connectivity index is 0.000000323. The minimum atomic E-state index is -2.73. The monoisotopic (exact) mass is 828 g/mol. The molecule has 59 heavy (non-hydrogen) atoms. The second kappa shape index (κ2) is 16.3. The number of aromatic hydroxyl groups is 1. The van der Waals surface area contributed by atoms with E-state index >= 15 is 0 Å². The Bertz CT molecular complexity index is 2180. The van der Waals surface area contributed by atoms with E-state index in [1.807, 2.05) is 20.8 Å². The standard InChI is InChI=1S/C29H39N5O8.C9H13N3O5/c1-28(2,3)31-11-17(35)32-15-10-16(33(4)5)13-8-12-9-14-21(34(6)7)24(38)20(27(30)41)26(40)29(14,42)25(39)18(12)23(37)19(13)22(15)36;10-5-1-2-12(9(16)11-5)8-7(15)6(14)4(3-13)17-8/h10,12,14,21,31,36-37,40,42H,8-9,11H2,1-7H3,(H2,30,41)(H,32,35);1-2,4,6-8,13-15H,3H2,(H2,10,11,16)/t12-,14-,21-,29-;4-,6-,7+,8-/m01/s1. The maximum absolute atomic E-state index is 14.0. The highest BCUT2D eigenvalue weighted by molar-refractivity contribution is 6.24. The molecular formula is C38H52N8O13. The van der Waals surface area contributed by atoms with Crippen LogP contribution in [-0.2, 0) is 30.3 Å². The molecule has 1 saturated heterocycles. The van der Waals surface area contributed by atoms with Crippen molar-refractivity contribution in [2.24, 2.45) is 17.6 Å². The van der Waals surface area contributed by atoms with Gasteiger partial charge in [0.2, 0.25) is 11.7 Å². The quantitative estimate of drug-likeness (QED) is 0.0993. The summed E-state index contributed by atoms with van der Waals surface area (Å²) in [5.41, 5.74) is 6.74. The summed E-state index contributed by atoms with van der Waals surface area (Å²) in [6, 6.07) is 1.78. The second-order valence-electron chi connectivity index (χ2n) is 16.4. The molecule has 1 aromatic heterocycles. The van der Waals surface area contributed by atoms with Crippen LogP contribution in [0.5, 0.6) is 5.75 Å². The van der Waals surface area contributed by atoms with Crippen molar-refractivity contribution >= 4 is 46.3 Å². The molecular weight excluding hydrogens is 776 g/mol. The second-order valence-corrected chi connectivity index (χ2v) is 16.4. The van der Waals surface area contributed by atoms with Crippen LogP contribution >= 0.6 is 0 Å². The van der Waals surface area contributed by atoms with Crippen LogP contribution in [0.2, 0.25) is 0 Å². The van der Waals surface area contributed by atoms with Gasteiger partial charge in [0, 0.05) is 43.0 Å². The number of nitrogen functional groups attached to an aromatic ring is 1. The number of phenols is 1. The van der Waals surface area contributed by atoms with Gasteiger partial charge in [-0.3, -0.25) is 28.6 Å². The van der Waals surface area contributed by atoms with Crippen LogP contribution < -0.4 is 32.7 Å². The third-order valence-electron chi connectivity index (χ3n) is 10.9. The number of aliphatic hydroxyl groups is 6. The number of amides is 2. The minimum absolute atomic E-state index is 0.00158. The fraction of sp³-hybridized carbons (Fsp3) is 0.526. The number of ether oxygens (including phenoxy) is 1. The summed E-state index contributed by atoms with van der Waals surface area (Å²) in [5, 5.41) is 79.4. The van der Waals surface area contributed by atoms with Crippen LogP contribution in [0.25, 0.3) is 5.76 Å². The van der Waals surface area contributed by atoms with Gasteiger partial charge in [0.15, 0.2) is 17.6 Å². The minimum Gasteiger partial charge on any atom is -0.508 e. The van der Waals surface area contributed by atoms with E-state index in [0.717, 1.165) is 4.57 Å². The summed E-state index contributed by atoms with van der Waals surface area (Å²) in [6.07, 6.45) is -3.15. The lowest BCUT2D eigenvalue weighted by molar-refractivity contribution is -0.153. The normalized spacial score (nSPS) is 27.8. The van der Waals surface area contributed by atoms with Crippen LogP contribution in [0.1, 0.15) is 44.5 Å². The molecule has 21 heteroatoms. The molecule has 21 nitrogen and oxygen atoms in total. The van der Waals surface area contributed by atoms with Gasteiger partial charge in [0.05, 0.1) is 30.4 Å². The highest BCUT2D eigenvalue weighted by atomic mass is 16.6. The first-order valence-corrected chi connectivity index (χ1v) is 18.6. The van der Waals surface area contributed by atoms with E-state index in [1.54, 1.807) is 39.2 Å². The lowest BCUT2D eigenvalue weighted by atomic mass is 9.57. The number of carbonyl (C=O) groups excluding carboxylic acids is 4. The van der Waals surface area contributed by atoms with Crippen molar-refractivity contribution in [2.45, 2.75) is 75.3 Å². The third kappa shape index (κ3) is 8.01. The molecule has 0 unspecified atom stereocenters. The lowest BCUT2D eigenvalue weighted by Gasteiger charge is -2.50. The number of nitrogens with two attached hydrogens (primary N) is 2. The number of anilines is 3. The van der Waals surface area contributed by atoms with E-state index in [9.17, 15) is 54.6 Å². The van der Waals surface area contributed by atoms with Gasteiger partial charge in [0.1, 0.15) is 47.0 Å². The Kier molecular flexibility index (Phi) is 12.4. The SMILES string of the molecule is CN(C)c1cc(NC(=O)CNC(C)(C)C)c(O)c2c1C[C@H]1C[C@H]3[C@H](N(C)C)C(=O)C(C(N)=O)=C(O)[C@@]3(O)C(=O)C1=C2O.Nc1ccn([C@@H]2O[C@H](CO)[C@@H](O)[C@@H]2O)c(=O)n1. The Labute approximate surface area is 338 Å². The van der Waals surface area contributed by atoms with Crippen molar-refractivity contribution in [3.63, 3.8) is 0 Å². The number of likely N-dealkylation sites (N-methyl/N-ethyl adjacent to an activating group) is 1. The summed E-state index contributed by atoms with van der Waals surface area (Å²) in [5.74, 6) is -7.74. The molecule has 0 radical (unpaired) electrons. The van der Waals surface area contributed by atoms with Crippen molar-refractivity contribution in [2.75, 3.05) is 57.3 Å². The van der Waals surface area contributed by atoms with Crippen LogP contribution in [0, 0.1) is 11.8 Å². The maximum atomic E-state index is 14.0. The summed E-state index contributed by atoms with van der Waals surface area (Å²) >= 11 is 0. The number of primary amides is 1. The summed E-state index contributed by atoms with van der Waals surface area (Å²) < 4.78 is 6.19. The van der Waals surface area contributed by atoms with Crippen molar-refractivity contribution in [1.82, 2.24) is 19.8 Å². The topological polar surface area (TPSA) is 337 Å². The average Bonchev–Trinajstić information content (AvgIpc) is 3.41. The first-order valence-electron chi connectivity index (χ1n) is 18.6. The molecule has 6 rings (SSSR count).